The number of hydrogen-bond acceptors (Lipinski definition) is 11. The van der Waals surface area contributed by atoms with Crippen LogP contribution in [0.2, 0.25) is 0 Å². The summed E-state index contributed by atoms with van der Waals surface area (Å²) in [6.45, 7) is -0.0103. The van der Waals surface area contributed by atoms with E-state index in [1.165, 1.54) is 23.6 Å². The number of nitrogens with one attached hydrogen (secondary N) is 1. The number of amides is 2. The number of aliphatic hydroxyl groups excluding tert-OH is 1. The van der Waals surface area contributed by atoms with Gasteiger partial charge in [0.05, 0.1) is 18.9 Å². The SMILES string of the molecule is CO[C@@]1(NC(=O)CSC(F)F)C(=O)N2C(C(=O)O)=C(CSc3nnnn3CCO)CSC21. The Morgan fingerprint density at radius 2 is 2.22 bits per heavy atom. The van der Waals surface area contributed by atoms with Gasteiger partial charge < -0.3 is 20.3 Å². The van der Waals surface area contributed by atoms with Crippen molar-refractivity contribution in [2.75, 3.05) is 31.0 Å². The molecule has 176 valence electrons. The van der Waals surface area contributed by atoms with Gasteiger partial charge in [0.1, 0.15) is 11.1 Å². The molecule has 2 aliphatic rings. The molecule has 0 radical (unpaired) electrons. The highest BCUT2D eigenvalue weighted by atomic mass is 32.2. The minimum absolute atomic E-state index is 0.0987. The monoisotopic (exact) mass is 512 g/mol. The molecule has 2 atom stereocenters. The molecule has 3 N–H and O–H groups in total. The number of aliphatic carboxylic acids is 1. The van der Waals surface area contributed by atoms with Gasteiger partial charge >= 0.3 is 5.97 Å². The number of fused-ring (bicyclic) bond motifs is 1. The summed E-state index contributed by atoms with van der Waals surface area (Å²) in [6, 6.07) is 0. The second-order valence-corrected chi connectivity index (χ2v) is 9.34. The summed E-state index contributed by atoms with van der Waals surface area (Å²) >= 11 is 2.42. The lowest BCUT2D eigenvalue weighted by Crippen LogP contribution is -2.80. The lowest BCUT2D eigenvalue weighted by Gasteiger charge is -2.55. The quantitative estimate of drug-likeness (QED) is 0.197. The molecule has 0 spiro atoms. The van der Waals surface area contributed by atoms with Gasteiger partial charge in [0.15, 0.2) is 0 Å². The van der Waals surface area contributed by atoms with Crippen LogP contribution in [0.15, 0.2) is 16.4 Å². The predicted molar refractivity (Wildman–Crippen MR) is 110 cm³/mol. The molecule has 2 amide bonds. The molecule has 1 aromatic rings. The highest BCUT2D eigenvalue weighted by molar-refractivity contribution is 8.01. The van der Waals surface area contributed by atoms with E-state index in [4.69, 9.17) is 9.84 Å². The summed E-state index contributed by atoms with van der Waals surface area (Å²) in [6.07, 6.45) is 0. The van der Waals surface area contributed by atoms with Crippen molar-refractivity contribution < 1.29 is 38.1 Å². The van der Waals surface area contributed by atoms with Crippen molar-refractivity contribution in [3.8, 4) is 0 Å². The molecule has 2 aliphatic heterocycles. The van der Waals surface area contributed by atoms with Crippen molar-refractivity contribution in [2.24, 2.45) is 0 Å². The Morgan fingerprint density at radius 3 is 2.84 bits per heavy atom. The standard InChI is InChI=1S/C15H18F2N6O6S3/c1-29-15(18-8(25)6-31-13(16)17)11(28)23-9(10(26)27)7(4-30-12(15)23)5-32-14-19-20-21-22(14)2-3-24/h12-13,24H,2-6H2,1H3,(H,18,25)(H,26,27)/t12?,15-/m0/s1. The van der Waals surface area contributed by atoms with Crippen LogP contribution in [0.25, 0.3) is 0 Å². The van der Waals surface area contributed by atoms with Crippen LogP contribution in [0.3, 0.4) is 0 Å². The fourth-order valence-corrected chi connectivity index (χ4v) is 5.95. The number of aliphatic hydroxyl groups is 1. The molecule has 3 rings (SSSR count). The largest absolute Gasteiger partial charge is 0.477 e. The summed E-state index contributed by atoms with van der Waals surface area (Å²) in [7, 11) is 1.17. The Balaban J connectivity index is 1.77. The van der Waals surface area contributed by atoms with Crippen molar-refractivity contribution in [3.63, 3.8) is 0 Å². The first-order valence-corrected chi connectivity index (χ1v) is 12.0. The third kappa shape index (κ3) is 4.70. The number of aromatic nitrogens is 4. The minimum Gasteiger partial charge on any atom is -0.477 e. The topological polar surface area (TPSA) is 160 Å². The third-order valence-electron chi connectivity index (χ3n) is 4.49. The zero-order chi connectivity index (χ0) is 23.5. The number of hydrogen-bond donors (Lipinski definition) is 3. The van der Waals surface area contributed by atoms with Gasteiger partial charge in [0.2, 0.25) is 11.1 Å². The van der Waals surface area contributed by atoms with Crippen LogP contribution in [0.5, 0.6) is 0 Å². The fraction of sp³-hybridized carbons (Fsp3) is 0.600. The number of rotatable bonds is 11. The van der Waals surface area contributed by atoms with Gasteiger partial charge in [-0.05, 0) is 16.0 Å². The molecule has 0 aromatic carbocycles. The second kappa shape index (κ2) is 10.3. The minimum atomic E-state index is -2.75. The van der Waals surface area contributed by atoms with E-state index in [2.05, 4.69) is 20.8 Å². The molecule has 0 aliphatic carbocycles. The average Bonchev–Trinajstić information content (AvgIpc) is 3.20. The summed E-state index contributed by atoms with van der Waals surface area (Å²) in [5.41, 5.74) is -1.65. The van der Waals surface area contributed by atoms with Crippen molar-refractivity contribution in [1.29, 1.82) is 0 Å². The summed E-state index contributed by atoms with van der Waals surface area (Å²) < 4.78 is 31.3. The van der Waals surface area contributed by atoms with Crippen molar-refractivity contribution >= 4 is 53.1 Å². The highest BCUT2D eigenvalue weighted by Gasteiger charge is 2.66. The van der Waals surface area contributed by atoms with E-state index in [9.17, 15) is 28.3 Å². The van der Waals surface area contributed by atoms with Crippen LogP contribution >= 0.6 is 35.3 Å². The average molecular weight is 513 g/mol. The maximum Gasteiger partial charge on any atom is 0.352 e. The zero-order valence-electron chi connectivity index (χ0n) is 16.4. The van der Waals surface area contributed by atoms with Gasteiger partial charge in [-0.1, -0.05) is 23.5 Å². The van der Waals surface area contributed by atoms with Crippen LogP contribution in [0.1, 0.15) is 0 Å². The van der Waals surface area contributed by atoms with Gasteiger partial charge in [-0.3, -0.25) is 14.5 Å². The first kappa shape index (κ1) is 24.7. The van der Waals surface area contributed by atoms with Gasteiger partial charge in [-0.25, -0.2) is 9.48 Å². The third-order valence-corrected chi connectivity index (χ3v) is 7.58. The van der Waals surface area contributed by atoms with Crippen LogP contribution in [0.4, 0.5) is 8.78 Å². The van der Waals surface area contributed by atoms with E-state index in [1.807, 2.05) is 0 Å². The van der Waals surface area contributed by atoms with Gasteiger partial charge in [-0.2, -0.15) is 8.78 Å². The van der Waals surface area contributed by atoms with Crippen LogP contribution in [-0.4, -0.2) is 101 Å². The second-order valence-electron chi connectivity index (χ2n) is 6.35. The first-order valence-electron chi connectivity index (χ1n) is 8.91. The number of carbonyl (C=O) groups excluding carboxylic acids is 2. The number of carbonyl (C=O) groups is 3. The number of alkyl halides is 2. The van der Waals surface area contributed by atoms with E-state index in [1.54, 1.807) is 0 Å². The Bertz CT molecular complexity index is 933. The Kier molecular flexibility index (Phi) is 7.97. The number of carboxylic acid groups (broad SMARTS) is 1. The molecule has 1 fully saturated rings. The molecule has 12 nitrogen and oxygen atoms in total. The molecule has 1 saturated heterocycles. The molecule has 0 saturated carbocycles. The van der Waals surface area contributed by atoms with E-state index < -0.39 is 40.4 Å². The molecule has 32 heavy (non-hydrogen) atoms. The summed E-state index contributed by atoms with van der Waals surface area (Å²) in [5.74, 6) is -5.94. The number of tetrazole rings is 1. The smallest absolute Gasteiger partial charge is 0.352 e. The molecule has 3 heterocycles. The summed E-state index contributed by atoms with van der Waals surface area (Å²) in [5, 5.41) is 31.7. The maximum atomic E-state index is 12.9. The maximum absolute atomic E-state index is 12.9. The van der Waals surface area contributed by atoms with Crippen LogP contribution < -0.4 is 5.32 Å². The normalized spacial score (nSPS) is 22.7. The number of thioether (sulfide) groups is 3. The number of nitrogens with zero attached hydrogens (tertiary/aromatic N) is 5. The Hall–Kier alpha value is -1.95. The number of methoxy groups -OCH3 is 1. The number of halogens is 2. The molecule has 1 aromatic heterocycles. The van der Waals surface area contributed by atoms with Crippen molar-refractivity contribution in [1.82, 2.24) is 30.4 Å². The van der Waals surface area contributed by atoms with Crippen molar-refractivity contribution in [3.05, 3.63) is 11.3 Å². The highest BCUT2D eigenvalue weighted by Crippen LogP contribution is 2.47. The molecule has 0 bridgehead atoms. The Morgan fingerprint density at radius 1 is 1.47 bits per heavy atom. The zero-order valence-corrected chi connectivity index (χ0v) is 18.9. The Labute approximate surface area is 192 Å². The van der Waals surface area contributed by atoms with E-state index >= 15 is 0 Å². The van der Waals surface area contributed by atoms with Gasteiger partial charge in [-0.15, -0.1) is 16.9 Å². The molecular weight excluding hydrogens is 494 g/mol. The molecular formula is C15H18F2N6O6S3. The van der Waals surface area contributed by atoms with Gasteiger partial charge in [0, 0.05) is 18.6 Å². The number of ether oxygens (including phenoxy) is 1. The van der Waals surface area contributed by atoms with Crippen LogP contribution in [-0.2, 0) is 25.7 Å². The van der Waals surface area contributed by atoms with Crippen molar-refractivity contribution in [2.45, 2.75) is 28.6 Å². The predicted octanol–water partition coefficient (Wildman–Crippen LogP) is -0.574. The van der Waals surface area contributed by atoms with E-state index in [0.29, 0.717) is 10.7 Å². The number of β-lactam (4-membered cyclic amide) rings is 1. The summed E-state index contributed by atoms with van der Waals surface area (Å²) in [4.78, 5) is 37.9. The molecule has 1 unspecified atom stereocenters. The fourth-order valence-electron chi connectivity index (χ4n) is 3.12. The van der Waals surface area contributed by atoms with E-state index in [0.717, 1.165) is 16.7 Å². The lowest BCUT2D eigenvalue weighted by molar-refractivity contribution is -0.192. The van der Waals surface area contributed by atoms with E-state index in [-0.39, 0.29) is 42.1 Å². The lowest BCUT2D eigenvalue weighted by atomic mass is 9.98. The molecule has 17 heteroatoms. The van der Waals surface area contributed by atoms with Gasteiger partial charge in [0.25, 0.3) is 17.4 Å². The number of carboxylic acids is 1. The van der Waals surface area contributed by atoms with Crippen LogP contribution in [0, 0.1) is 0 Å². The first-order chi connectivity index (χ1) is 15.2.